The zero-order valence-corrected chi connectivity index (χ0v) is 29.6. The molecule has 0 radical (unpaired) electrons. The summed E-state index contributed by atoms with van der Waals surface area (Å²) in [5.41, 5.74) is 0. The molecule has 256 valence electrons. The summed E-state index contributed by atoms with van der Waals surface area (Å²) < 4.78 is 5.66. The lowest BCUT2D eigenvalue weighted by molar-refractivity contribution is -0.150. The smallest absolute Gasteiger partial charge is 0.306 e. The number of ether oxygens (including phenoxy) is 1. The van der Waals surface area contributed by atoms with Crippen molar-refractivity contribution in [3.05, 3.63) is 0 Å². The van der Waals surface area contributed by atoms with Crippen LogP contribution in [0.15, 0.2) is 0 Å². The number of hydrogen-bond donors (Lipinski definition) is 0. The quantitative estimate of drug-likeness (QED) is 0.0401. The van der Waals surface area contributed by atoms with E-state index in [9.17, 15) is 9.59 Å². The summed E-state index contributed by atoms with van der Waals surface area (Å²) in [6.07, 6.45) is 45.5. The molecular weight excluding hydrogens is 528 g/mol. The van der Waals surface area contributed by atoms with Crippen molar-refractivity contribution >= 4 is 12.3 Å². The van der Waals surface area contributed by atoms with E-state index in [1.54, 1.807) is 0 Å². The van der Waals surface area contributed by atoms with Gasteiger partial charge in [0, 0.05) is 12.8 Å². The monoisotopic (exact) mass is 607 g/mol. The molecular formula is C40H78O3. The molecule has 0 aliphatic rings. The average molecular weight is 607 g/mol. The molecule has 1 atom stereocenters. The van der Waals surface area contributed by atoms with Gasteiger partial charge < -0.3 is 9.53 Å². The van der Waals surface area contributed by atoms with Crippen molar-refractivity contribution in [1.29, 1.82) is 0 Å². The van der Waals surface area contributed by atoms with Gasteiger partial charge in [-0.1, -0.05) is 206 Å². The number of aldehydes is 1. The third-order valence-corrected chi connectivity index (χ3v) is 9.27. The number of carbonyl (C=O) groups is 2. The summed E-state index contributed by atoms with van der Waals surface area (Å²) in [6, 6.07) is 0. The maximum atomic E-state index is 12.3. The van der Waals surface area contributed by atoms with Crippen LogP contribution in [0.2, 0.25) is 0 Å². The SMILES string of the molecule is CCCCCCCCCCCCCCCCCCCCCCCC(=O)OC(CC=O)CCCCCCCCCCCCC. The Hall–Kier alpha value is -0.860. The van der Waals surface area contributed by atoms with E-state index in [0.29, 0.717) is 12.8 Å². The van der Waals surface area contributed by atoms with Crippen LogP contribution >= 0.6 is 0 Å². The first-order valence-corrected chi connectivity index (χ1v) is 19.9. The van der Waals surface area contributed by atoms with E-state index in [1.807, 2.05) is 0 Å². The van der Waals surface area contributed by atoms with E-state index >= 15 is 0 Å². The fraction of sp³-hybridized carbons (Fsp3) is 0.950. The zero-order valence-electron chi connectivity index (χ0n) is 29.6. The summed E-state index contributed by atoms with van der Waals surface area (Å²) in [7, 11) is 0. The Kier molecular flexibility index (Phi) is 36.6. The fourth-order valence-corrected chi connectivity index (χ4v) is 6.31. The fourth-order valence-electron chi connectivity index (χ4n) is 6.31. The molecule has 0 rings (SSSR count). The van der Waals surface area contributed by atoms with Crippen LogP contribution in [0.3, 0.4) is 0 Å². The molecule has 0 N–H and O–H groups in total. The Morgan fingerprint density at radius 1 is 0.442 bits per heavy atom. The minimum atomic E-state index is -0.210. The number of esters is 1. The molecule has 1 unspecified atom stereocenters. The van der Waals surface area contributed by atoms with Gasteiger partial charge >= 0.3 is 5.97 Å². The molecule has 0 aliphatic carbocycles. The van der Waals surface area contributed by atoms with Crippen molar-refractivity contribution in [2.75, 3.05) is 0 Å². The summed E-state index contributed by atoms with van der Waals surface area (Å²) in [4.78, 5) is 23.4. The van der Waals surface area contributed by atoms with E-state index in [-0.39, 0.29) is 12.1 Å². The van der Waals surface area contributed by atoms with Gasteiger partial charge in [0.2, 0.25) is 0 Å². The summed E-state index contributed by atoms with van der Waals surface area (Å²) in [5.74, 6) is -0.104. The lowest BCUT2D eigenvalue weighted by Gasteiger charge is -2.15. The molecule has 3 heteroatoms. The highest BCUT2D eigenvalue weighted by Gasteiger charge is 2.13. The first-order chi connectivity index (χ1) is 21.2. The van der Waals surface area contributed by atoms with Crippen molar-refractivity contribution in [2.45, 2.75) is 245 Å². The Balaban J connectivity index is 3.43. The number of carbonyl (C=O) groups excluding carboxylic acids is 2. The number of rotatable bonds is 37. The van der Waals surface area contributed by atoms with Crippen LogP contribution < -0.4 is 0 Å². The van der Waals surface area contributed by atoms with E-state index in [4.69, 9.17) is 4.74 Å². The molecule has 43 heavy (non-hydrogen) atoms. The van der Waals surface area contributed by atoms with Gasteiger partial charge in [0.15, 0.2) is 0 Å². The van der Waals surface area contributed by atoms with Crippen molar-refractivity contribution < 1.29 is 14.3 Å². The van der Waals surface area contributed by atoms with Crippen molar-refractivity contribution in [3.8, 4) is 0 Å². The molecule has 0 amide bonds. The zero-order chi connectivity index (χ0) is 31.3. The van der Waals surface area contributed by atoms with Gasteiger partial charge in [0.1, 0.15) is 12.4 Å². The van der Waals surface area contributed by atoms with Gasteiger partial charge in [-0.2, -0.15) is 0 Å². The average Bonchev–Trinajstić information content (AvgIpc) is 3.00. The second-order valence-corrected chi connectivity index (χ2v) is 13.7. The highest BCUT2D eigenvalue weighted by molar-refractivity contribution is 5.69. The highest BCUT2D eigenvalue weighted by atomic mass is 16.5. The Labute approximate surface area is 270 Å². The molecule has 0 fully saturated rings. The topological polar surface area (TPSA) is 43.4 Å². The number of hydrogen-bond acceptors (Lipinski definition) is 3. The highest BCUT2D eigenvalue weighted by Crippen LogP contribution is 2.17. The van der Waals surface area contributed by atoms with Crippen LogP contribution in [-0.4, -0.2) is 18.4 Å². The molecule has 0 saturated heterocycles. The van der Waals surface area contributed by atoms with Gasteiger partial charge in [-0.3, -0.25) is 4.79 Å². The predicted octanol–water partition coefficient (Wildman–Crippen LogP) is 13.8. The lowest BCUT2D eigenvalue weighted by Crippen LogP contribution is -2.18. The molecule has 0 spiro atoms. The van der Waals surface area contributed by atoms with Gasteiger partial charge in [0.25, 0.3) is 0 Å². The molecule has 3 nitrogen and oxygen atoms in total. The van der Waals surface area contributed by atoms with Gasteiger partial charge in [-0.05, 0) is 19.3 Å². The minimum absolute atomic E-state index is 0.104. The third kappa shape index (κ3) is 35.5. The molecule has 0 bridgehead atoms. The van der Waals surface area contributed by atoms with E-state index in [0.717, 1.165) is 32.0 Å². The normalized spacial score (nSPS) is 12.0. The van der Waals surface area contributed by atoms with Crippen molar-refractivity contribution in [2.24, 2.45) is 0 Å². The molecule has 0 aliphatic heterocycles. The largest absolute Gasteiger partial charge is 0.462 e. The standard InChI is InChI=1S/C40H78O3/c1-3-5-7-9-11-13-15-16-17-18-19-20-21-22-23-24-26-28-30-32-34-36-40(42)43-39(37-38-41)35-33-31-29-27-25-14-12-10-8-6-4-2/h38-39H,3-37H2,1-2H3. The molecule has 0 aromatic carbocycles. The van der Waals surface area contributed by atoms with Crippen LogP contribution in [0.5, 0.6) is 0 Å². The molecule has 0 saturated carbocycles. The Bertz CT molecular complexity index is 546. The Morgan fingerprint density at radius 3 is 1.02 bits per heavy atom. The van der Waals surface area contributed by atoms with Crippen LogP contribution in [0.4, 0.5) is 0 Å². The van der Waals surface area contributed by atoms with Crippen LogP contribution in [0, 0.1) is 0 Å². The van der Waals surface area contributed by atoms with Crippen molar-refractivity contribution in [1.82, 2.24) is 0 Å². The van der Waals surface area contributed by atoms with Crippen LogP contribution in [-0.2, 0) is 14.3 Å². The number of unbranched alkanes of at least 4 members (excludes halogenated alkanes) is 30. The first-order valence-electron chi connectivity index (χ1n) is 19.9. The second-order valence-electron chi connectivity index (χ2n) is 13.7. The summed E-state index contributed by atoms with van der Waals surface area (Å²) in [6.45, 7) is 4.56. The summed E-state index contributed by atoms with van der Waals surface area (Å²) >= 11 is 0. The maximum absolute atomic E-state index is 12.3. The first kappa shape index (κ1) is 42.1. The van der Waals surface area contributed by atoms with E-state index < -0.39 is 0 Å². The van der Waals surface area contributed by atoms with Crippen molar-refractivity contribution in [3.63, 3.8) is 0 Å². The maximum Gasteiger partial charge on any atom is 0.306 e. The van der Waals surface area contributed by atoms with Gasteiger partial charge in [-0.25, -0.2) is 0 Å². The lowest BCUT2D eigenvalue weighted by atomic mass is 10.0. The molecule has 0 aromatic rings. The third-order valence-electron chi connectivity index (χ3n) is 9.27. The second kappa shape index (κ2) is 37.3. The molecule has 0 aromatic heterocycles. The predicted molar refractivity (Wildman–Crippen MR) is 189 cm³/mol. The van der Waals surface area contributed by atoms with E-state index in [1.165, 1.54) is 186 Å². The summed E-state index contributed by atoms with van der Waals surface area (Å²) in [5, 5.41) is 0. The van der Waals surface area contributed by atoms with Gasteiger partial charge in [0.05, 0.1) is 0 Å². The molecule has 0 heterocycles. The van der Waals surface area contributed by atoms with Gasteiger partial charge in [-0.15, -0.1) is 0 Å². The Morgan fingerprint density at radius 2 is 0.721 bits per heavy atom. The van der Waals surface area contributed by atoms with E-state index in [2.05, 4.69) is 13.8 Å². The van der Waals surface area contributed by atoms with Crippen LogP contribution in [0.1, 0.15) is 239 Å². The minimum Gasteiger partial charge on any atom is -0.462 e. The van der Waals surface area contributed by atoms with Crippen LogP contribution in [0.25, 0.3) is 0 Å².